The van der Waals surface area contributed by atoms with Crippen molar-refractivity contribution >= 4 is 27.7 Å². The normalized spacial score (nSPS) is 11.3. The molecule has 0 aliphatic rings. The van der Waals surface area contributed by atoms with Gasteiger partial charge in [-0.15, -0.1) is 0 Å². The number of aryl methyl sites for hydroxylation is 2. The lowest BCUT2D eigenvalue weighted by molar-refractivity contribution is -0.117. The number of halogens is 1. The number of nitrogens with zero attached hydrogens (tertiary/aromatic N) is 2. The van der Waals surface area contributed by atoms with E-state index in [2.05, 4.69) is 9.97 Å². The molecule has 2 heterocycles. The van der Waals surface area contributed by atoms with Crippen LogP contribution in [0, 0.1) is 26.6 Å². The number of rotatable bonds is 8. The smallest absolute Gasteiger partial charge is 0.265 e. The van der Waals surface area contributed by atoms with E-state index in [0.29, 0.717) is 27.9 Å². The molecule has 6 rings (SSSR count). The largest absolute Gasteiger partial charge is 0.497 e. The fourth-order valence-corrected chi connectivity index (χ4v) is 5.71. The third kappa shape index (κ3) is 5.06. The van der Waals surface area contributed by atoms with Gasteiger partial charge in [0.1, 0.15) is 30.3 Å². The average molecular weight is 591 g/mol. The first-order valence-electron chi connectivity index (χ1n) is 14.1. The summed E-state index contributed by atoms with van der Waals surface area (Å²) in [6.07, 6.45) is 1.42. The van der Waals surface area contributed by atoms with Crippen molar-refractivity contribution in [3.63, 3.8) is 0 Å². The number of methoxy groups -OCH3 is 1. The molecule has 0 bridgehead atoms. The number of aromatic nitrogens is 3. The topological polar surface area (TPSA) is 112 Å². The summed E-state index contributed by atoms with van der Waals surface area (Å²) in [5.74, 6) is 0.345. The summed E-state index contributed by atoms with van der Waals surface area (Å²) >= 11 is 0. The predicted octanol–water partition coefficient (Wildman–Crippen LogP) is 6.21. The zero-order chi connectivity index (χ0) is 31.1. The van der Waals surface area contributed by atoms with Crippen LogP contribution in [0.2, 0.25) is 0 Å². The van der Waals surface area contributed by atoms with Crippen LogP contribution in [0.4, 0.5) is 4.39 Å². The molecule has 222 valence electrons. The number of ether oxygens (including phenoxy) is 2. The Balaban J connectivity index is 1.53. The molecule has 3 N–H and O–H groups in total. The highest BCUT2D eigenvalue weighted by molar-refractivity contribution is 6.03. The Morgan fingerprint density at radius 3 is 2.50 bits per heavy atom. The zero-order valence-corrected chi connectivity index (χ0v) is 24.8. The highest BCUT2D eigenvalue weighted by atomic mass is 19.1. The van der Waals surface area contributed by atoms with Crippen molar-refractivity contribution in [2.24, 2.45) is 5.73 Å². The standard InChI is InChI=1S/C35H31FN4O4/c1-19-21(3)39-34-28(16-32(37)41)31(44-17-22-8-11-24(43-4)12-9-22)15-27(33(19)34)25-6-5-7-30(20(25)2)40-18-38-29-14-23(36)10-13-26(29)35(40)42/h5-15,18,39H,16-17H2,1-4H3,(H2,37,41). The molecule has 6 aromatic rings. The second-order valence-corrected chi connectivity index (χ2v) is 10.8. The third-order valence-electron chi connectivity index (χ3n) is 8.12. The third-order valence-corrected chi connectivity index (χ3v) is 8.12. The Kier molecular flexibility index (Phi) is 7.38. The van der Waals surface area contributed by atoms with Gasteiger partial charge in [-0.3, -0.25) is 14.2 Å². The van der Waals surface area contributed by atoms with Gasteiger partial charge in [-0.1, -0.05) is 24.3 Å². The van der Waals surface area contributed by atoms with Gasteiger partial charge in [-0.05, 0) is 85.0 Å². The Hall–Kier alpha value is -5.44. The molecule has 2 aromatic heterocycles. The maximum Gasteiger partial charge on any atom is 0.265 e. The lowest BCUT2D eigenvalue weighted by Crippen LogP contribution is -2.20. The highest BCUT2D eigenvalue weighted by Gasteiger charge is 2.22. The van der Waals surface area contributed by atoms with Crippen molar-refractivity contribution < 1.29 is 18.7 Å². The average Bonchev–Trinajstić information content (AvgIpc) is 3.31. The van der Waals surface area contributed by atoms with Crippen molar-refractivity contribution in [3.8, 4) is 28.3 Å². The first kappa shape index (κ1) is 28.7. The molecule has 0 aliphatic carbocycles. The number of aromatic amines is 1. The molecule has 8 nitrogen and oxygen atoms in total. The predicted molar refractivity (Wildman–Crippen MR) is 169 cm³/mol. The van der Waals surface area contributed by atoms with Crippen molar-refractivity contribution in [3.05, 3.63) is 117 Å². The van der Waals surface area contributed by atoms with E-state index in [0.717, 1.165) is 50.2 Å². The molecule has 0 unspecified atom stereocenters. The molecule has 0 aliphatic heterocycles. The molecule has 9 heteroatoms. The van der Waals surface area contributed by atoms with Crippen LogP contribution in [0.25, 0.3) is 38.6 Å². The number of carbonyl (C=O) groups excluding carboxylic acids is 1. The number of hydrogen-bond acceptors (Lipinski definition) is 5. The fraction of sp³-hybridized carbons (Fsp3) is 0.171. The van der Waals surface area contributed by atoms with Gasteiger partial charge in [-0.25, -0.2) is 9.37 Å². The maximum absolute atomic E-state index is 13.8. The van der Waals surface area contributed by atoms with Crippen LogP contribution in [-0.2, 0) is 17.8 Å². The van der Waals surface area contributed by atoms with Crippen LogP contribution in [0.5, 0.6) is 11.5 Å². The number of carbonyl (C=O) groups is 1. The van der Waals surface area contributed by atoms with Gasteiger partial charge in [-0.2, -0.15) is 0 Å². The van der Waals surface area contributed by atoms with Crippen molar-refractivity contribution in [1.29, 1.82) is 0 Å². The molecular formula is C35H31FN4O4. The van der Waals surface area contributed by atoms with E-state index in [1.54, 1.807) is 7.11 Å². The Morgan fingerprint density at radius 2 is 1.77 bits per heavy atom. The minimum Gasteiger partial charge on any atom is -0.497 e. The van der Waals surface area contributed by atoms with Gasteiger partial charge in [0.05, 0.1) is 35.6 Å². The van der Waals surface area contributed by atoms with Crippen LogP contribution in [0.1, 0.15) is 27.9 Å². The summed E-state index contributed by atoms with van der Waals surface area (Å²) in [4.78, 5) is 33.5. The number of nitrogens with one attached hydrogen (secondary N) is 1. The highest BCUT2D eigenvalue weighted by Crippen LogP contribution is 2.42. The van der Waals surface area contributed by atoms with Gasteiger partial charge in [0.25, 0.3) is 5.56 Å². The number of benzene rings is 4. The van der Waals surface area contributed by atoms with E-state index < -0.39 is 11.7 Å². The number of nitrogens with two attached hydrogens (primary N) is 1. The molecule has 44 heavy (non-hydrogen) atoms. The summed E-state index contributed by atoms with van der Waals surface area (Å²) in [5, 5.41) is 1.26. The molecule has 4 aromatic carbocycles. The fourth-order valence-electron chi connectivity index (χ4n) is 5.71. The molecule has 0 fully saturated rings. The van der Waals surface area contributed by atoms with E-state index in [9.17, 15) is 14.0 Å². The van der Waals surface area contributed by atoms with Gasteiger partial charge in [0, 0.05) is 22.7 Å². The number of H-pyrrole nitrogens is 1. The Labute approximate surface area is 252 Å². The quantitative estimate of drug-likeness (QED) is 0.219. The lowest BCUT2D eigenvalue weighted by Gasteiger charge is -2.18. The van der Waals surface area contributed by atoms with E-state index in [1.807, 2.05) is 69.3 Å². The van der Waals surface area contributed by atoms with Gasteiger partial charge in [0.15, 0.2) is 0 Å². The molecule has 0 saturated heterocycles. The SMILES string of the molecule is COc1ccc(COc2cc(-c3cccc(-n4cnc5cc(F)ccc5c4=O)c3C)c3c(C)c(C)[nH]c3c2CC(N)=O)cc1. The van der Waals surface area contributed by atoms with Crippen LogP contribution < -0.4 is 20.8 Å². The molecule has 0 spiro atoms. The lowest BCUT2D eigenvalue weighted by atomic mass is 9.91. The number of hydrogen-bond donors (Lipinski definition) is 2. The second-order valence-electron chi connectivity index (χ2n) is 10.8. The Morgan fingerprint density at radius 1 is 1.00 bits per heavy atom. The molecule has 0 saturated carbocycles. The summed E-state index contributed by atoms with van der Waals surface area (Å²) in [6, 6.07) is 19.2. The van der Waals surface area contributed by atoms with E-state index in [1.165, 1.54) is 29.1 Å². The number of fused-ring (bicyclic) bond motifs is 2. The van der Waals surface area contributed by atoms with Gasteiger partial charge < -0.3 is 20.2 Å². The molecule has 1 amide bonds. The zero-order valence-electron chi connectivity index (χ0n) is 24.8. The van der Waals surface area contributed by atoms with Crippen molar-refractivity contribution in [1.82, 2.24) is 14.5 Å². The molecular weight excluding hydrogens is 559 g/mol. The summed E-state index contributed by atoms with van der Waals surface area (Å²) in [7, 11) is 1.61. The first-order chi connectivity index (χ1) is 21.2. The van der Waals surface area contributed by atoms with Crippen LogP contribution in [-0.4, -0.2) is 27.6 Å². The summed E-state index contributed by atoms with van der Waals surface area (Å²) < 4.78 is 26.9. The minimum absolute atomic E-state index is 0.00805. The van der Waals surface area contributed by atoms with Gasteiger partial charge >= 0.3 is 0 Å². The number of primary amides is 1. The van der Waals surface area contributed by atoms with E-state index >= 15 is 0 Å². The molecule has 0 radical (unpaired) electrons. The van der Waals surface area contributed by atoms with Crippen molar-refractivity contribution in [2.75, 3.05) is 7.11 Å². The summed E-state index contributed by atoms with van der Waals surface area (Å²) in [6.45, 7) is 6.22. The minimum atomic E-state index is -0.473. The molecule has 0 atom stereocenters. The van der Waals surface area contributed by atoms with E-state index in [4.69, 9.17) is 15.2 Å². The number of amides is 1. The van der Waals surface area contributed by atoms with Crippen LogP contribution in [0.3, 0.4) is 0 Å². The van der Waals surface area contributed by atoms with Gasteiger partial charge in [0.2, 0.25) is 5.91 Å². The van der Waals surface area contributed by atoms with Crippen LogP contribution in [0.15, 0.2) is 77.9 Å². The van der Waals surface area contributed by atoms with Crippen molar-refractivity contribution in [2.45, 2.75) is 33.8 Å². The first-order valence-corrected chi connectivity index (χ1v) is 14.1. The summed E-state index contributed by atoms with van der Waals surface area (Å²) in [5.41, 5.74) is 13.3. The second kappa shape index (κ2) is 11.3. The maximum atomic E-state index is 13.8. The Bertz CT molecular complexity index is 2130. The van der Waals surface area contributed by atoms with Crippen LogP contribution >= 0.6 is 0 Å². The monoisotopic (exact) mass is 590 g/mol. The van der Waals surface area contributed by atoms with E-state index in [-0.39, 0.29) is 18.6 Å².